The summed E-state index contributed by atoms with van der Waals surface area (Å²) < 4.78 is 0. The van der Waals surface area contributed by atoms with E-state index in [1.54, 1.807) is 0 Å². The molecule has 3 atom stereocenters. The quantitative estimate of drug-likeness (QED) is 0.807. The van der Waals surface area contributed by atoms with Gasteiger partial charge in [-0.2, -0.15) is 0 Å². The Morgan fingerprint density at radius 1 is 1.28 bits per heavy atom. The van der Waals surface area contributed by atoms with Crippen molar-refractivity contribution in [1.29, 1.82) is 0 Å². The number of nitrogens with one attached hydrogen (secondary N) is 1. The lowest BCUT2D eigenvalue weighted by Crippen LogP contribution is -2.50. The van der Waals surface area contributed by atoms with Crippen molar-refractivity contribution in [3.05, 3.63) is 0 Å². The van der Waals surface area contributed by atoms with Crippen molar-refractivity contribution in [3.8, 4) is 0 Å². The lowest BCUT2D eigenvalue weighted by Gasteiger charge is -2.39. The summed E-state index contributed by atoms with van der Waals surface area (Å²) in [6.07, 6.45) is 4.72. The highest BCUT2D eigenvalue weighted by Gasteiger charge is 2.42. The normalized spacial score (nSPS) is 41.2. The SMILES string of the molecule is CNC1C(CN2CCCC(C)(O)C2)CCC1(C)C. The third kappa shape index (κ3) is 3.06. The van der Waals surface area contributed by atoms with E-state index in [1.165, 1.54) is 12.8 Å². The summed E-state index contributed by atoms with van der Waals surface area (Å²) in [5.74, 6) is 0.735. The molecule has 3 nitrogen and oxygen atoms in total. The Labute approximate surface area is 112 Å². The van der Waals surface area contributed by atoms with Crippen LogP contribution in [0.2, 0.25) is 0 Å². The van der Waals surface area contributed by atoms with E-state index in [1.807, 2.05) is 6.92 Å². The van der Waals surface area contributed by atoms with Gasteiger partial charge < -0.3 is 15.3 Å². The van der Waals surface area contributed by atoms with E-state index in [9.17, 15) is 5.11 Å². The second-order valence-corrected chi connectivity index (χ2v) is 7.39. The van der Waals surface area contributed by atoms with Crippen LogP contribution in [0, 0.1) is 11.3 Å². The largest absolute Gasteiger partial charge is 0.389 e. The predicted molar refractivity (Wildman–Crippen MR) is 75.7 cm³/mol. The van der Waals surface area contributed by atoms with Crippen LogP contribution in [0.3, 0.4) is 0 Å². The molecular weight excluding hydrogens is 224 g/mol. The molecule has 0 radical (unpaired) electrons. The molecule has 2 N–H and O–H groups in total. The molecule has 1 aliphatic heterocycles. The third-order valence-electron chi connectivity index (χ3n) is 5.03. The monoisotopic (exact) mass is 254 g/mol. The first kappa shape index (κ1) is 14.3. The van der Waals surface area contributed by atoms with Crippen LogP contribution in [0.1, 0.15) is 46.5 Å². The maximum Gasteiger partial charge on any atom is 0.0746 e. The van der Waals surface area contributed by atoms with Crippen LogP contribution in [-0.2, 0) is 0 Å². The van der Waals surface area contributed by atoms with Gasteiger partial charge >= 0.3 is 0 Å². The highest BCUT2D eigenvalue weighted by molar-refractivity contribution is 4.97. The van der Waals surface area contributed by atoms with Crippen molar-refractivity contribution in [1.82, 2.24) is 10.2 Å². The zero-order valence-corrected chi connectivity index (χ0v) is 12.5. The van der Waals surface area contributed by atoms with E-state index in [0.717, 1.165) is 38.4 Å². The fourth-order valence-corrected chi connectivity index (χ4v) is 4.15. The fraction of sp³-hybridized carbons (Fsp3) is 1.00. The summed E-state index contributed by atoms with van der Waals surface area (Å²) in [5.41, 5.74) is -0.0563. The second kappa shape index (κ2) is 5.10. The van der Waals surface area contributed by atoms with Gasteiger partial charge in [0.1, 0.15) is 0 Å². The maximum absolute atomic E-state index is 10.2. The number of rotatable bonds is 3. The molecule has 2 fully saturated rings. The molecule has 1 saturated carbocycles. The zero-order chi connectivity index (χ0) is 13.4. The Bertz CT molecular complexity index is 288. The fourth-order valence-electron chi connectivity index (χ4n) is 4.15. The highest BCUT2D eigenvalue weighted by Crippen LogP contribution is 2.41. The Balaban J connectivity index is 1.93. The summed E-state index contributed by atoms with van der Waals surface area (Å²) >= 11 is 0. The van der Waals surface area contributed by atoms with Gasteiger partial charge in [0.15, 0.2) is 0 Å². The second-order valence-electron chi connectivity index (χ2n) is 7.39. The Kier molecular flexibility index (Phi) is 4.05. The van der Waals surface area contributed by atoms with E-state index >= 15 is 0 Å². The number of hydrogen-bond donors (Lipinski definition) is 2. The Morgan fingerprint density at radius 3 is 2.61 bits per heavy atom. The minimum atomic E-state index is -0.471. The van der Waals surface area contributed by atoms with Crippen molar-refractivity contribution in [3.63, 3.8) is 0 Å². The number of nitrogens with zero attached hydrogens (tertiary/aromatic N) is 1. The van der Waals surface area contributed by atoms with E-state index in [-0.39, 0.29) is 0 Å². The molecule has 0 bridgehead atoms. The van der Waals surface area contributed by atoms with E-state index in [4.69, 9.17) is 0 Å². The minimum absolute atomic E-state index is 0.414. The lowest BCUT2D eigenvalue weighted by molar-refractivity contribution is -0.0212. The Hall–Kier alpha value is -0.120. The van der Waals surface area contributed by atoms with Crippen LogP contribution in [0.25, 0.3) is 0 Å². The number of likely N-dealkylation sites (tertiary alicyclic amines) is 1. The van der Waals surface area contributed by atoms with Gasteiger partial charge in [-0.25, -0.2) is 0 Å². The molecule has 0 amide bonds. The van der Waals surface area contributed by atoms with Gasteiger partial charge in [-0.1, -0.05) is 13.8 Å². The van der Waals surface area contributed by atoms with E-state index < -0.39 is 5.60 Å². The molecule has 1 heterocycles. The number of hydrogen-bond acceptors (Lipinski definition) is 3. The van der Waals surface area contributed by atoms with Gasteiger partial charge in [-0.15, -0.1) is 0 Å². The first-order chi connectivity index (χ1) is 8.34. The topological polar surface area (TPSA) is 35.5 Å². The van der Waals surface area contributed by atoms with Crippen LogP contribution in [0.5, 0.6) is 0 Å². The highest BCUT2D eigenvalue weighted by atomic mass is 16.3. The van der Waals surface area contributed by atoms with Crippen LogP contribution < -0.4 is 5.32 Å². The zero-order valence-electron chi connectivity index (χ0n) is 12.5. The summed E-state index contributed by atoms with van der Waals surface area (Å²) in [4.78, 5) is 2.47. The van der Waals surface area contributed by atoms with Gasteiger partial charge in [0, 0.05) is 19.1 Å². The van der Waals surface area contributed by atoms with Gasteiger partial charge in [0.05, 0.1) is 5.60 Å². The summed E-state index contributed by atoms with van der Waals surface area (Å²) in [5, 5.41) is 13.7. The molecule has 0 aromatic heterocycles. The van der Waals surface area contributed by atoms with Crippen molar-refractivity contribution >= 4 is 0 Å². The number of piperidine rings is 1. The predicted octanol–water partition coefficient (Wildman–Crippen LogP) is 1.86. The number of β-amino-alcohol motifs (C(OH)–C–C–N with tert-alkyl or cyclic N) is 1. The molecule has 1 aliphatic carbocycles. The smallest absolute Gasteiger partial charge is 0.0746 e. The van der Waals surface area contributed by atoms with Crippen molar-refractivity contribution in [2.24, 2.45) is 11.3 Å². The van der Waals surface area contributed by atoms with E-state index in [2.05, 4.69) is 31.1 Å². The van der Waals surface area contributed by atoms with Crippen molar-refractivity contribution in [2.75, 3.05) is 26.7 Å². The molecule has 1 saturated heterocycles. The Morgan fingerprint density at radius 2 is 2.00 bits per heavy atom. The molecule has 0 aromatic rings. The molecule has 106 valence electrons. The summed E-state index contributed by atoms with van der Waals surface area (Å²) in [6, 6.07) is 0.615. The van der Waals surface area contributed by atoms with Crippen LogP contribution >= 0.6 is 0 Å². The standard InChI is InChI=1S/C15H30N2O/c1-14(2)8-6-12(13(14)16-4)10-17-9-5-7-15(3,18)11-17/h12-13,16,18H,5-11H2,1-4H3. The molecule has 3 unspecified atom stereocenters. The van der Waals surface area contributed by atoms with Gasteiger partial charge in [0.25, 0.3) is 0 Å². The number of aliphatic hydroxyl groups is 1. The molecule has 2 aliphatic rings. The van der Waals surface area contributed by atoms with E-state index in [0.29, 0.717) is 11.5 Å². The van der Waals surface area contributed by atoms with Crippen LogP contribution in [0.4, 0.5) is 0 Å². The van der Waals surface area contributed by atoms with Crippen LogP contribution in [0.15, 0.2) is 0 Å². The first-order valence-corrected chi connectivity index (χ1v) is 7.46. The van der Waals surface area contributed by atoms with Crippen LogP contribution in [-0.4, -0.2) is 48.3 Å². The molecule has 18 heavy (non-hydrogen) atoms. The average Bonchev–Trinajstić information content (AvgIpc) is 2.52. The molecule has 0 aromatic carbocycles. The summed E-state index contributed by atoms with van der Waals surface area (Å²) in [6.45, 7) is 9.88. The van der Waals surface area contributed by atoms with Gasteiger partial charge in [-0.05, 0) is 57.5 Å². The molecule has 3 heteroatoms. The van der Waals surface area contributed by atoms with Crippen molar-refractivity contribution < 1.29 is 5.11 Å². The molecular formula is C15H30N2O. The third-order valence-corrected chi connectivity index (χ3v) is 5.03. The summed E-state index contributed by atoms with van der Waals surface area (Å²) in [7, 11) is 2.09. The molecule has 0 spiro atoms. The minimum Gasteiger partial charge on any atom is -0.389 e. The van der Waals surface area contributed by atoms with Gasteiger partial charge in [-0.3, -0.25) is 0 Å². The first-order valence-electron chi connectivity index (χ1n) is 7.46. The van der Waals surface area contributed by atoms with Crippen molar-refractivity contribution in [2.45, 2.75) is 58.1 Å². The molecule has 2 rings (SSSR count). The van der Waals surface area contributed by atoms with Gasteiger partial charge in [0.2, 0.25) is 0 Å². The maximum atomic E-state index is 10.2. The average molecular weight is 254 g/mol. The lowest BCUT2D eigenvalue weighted by atomic mass is 9.84.